The highest BCUT2D eigenvalue weighted by molar-refractivity contribution is 5.97. The van der Waals surface area contributed by atoms with Gasteiger partial charge in [0.1, 0.15) is 0 Å². The van der Waals surface area contributed by atoms with Gasteiger partial charge in [0.2, 0.25) is 5.96 Å². The van der Waals surface area contributed by atoms with Crippen molar-refractivity contribution in [2.75, 3.05) is 0 Å². The summed E-state index contributed by atoms with van der Waals surface area (Å²) in [6.07, 6.45) is 0. The molecule has 0 fully saturated rings. The summed E-state index contributed by atoms with van der Waals surface area (Å²) in [7, 11) is 0. The second-order valence-corrected chi connectivity index (χ2v) is 3.33. The lowest BCUT2D eigenvalue weighted by Gasteiger charge is -2.02. The standard InChI is InChI=1S/C10H13N5O2/c1-5-2-3-7(6(4-5)8(16)17)14-10(13)15-9(11)12/h2-4H,1H3,(H,16,17)(H6,11,12,13,14,15). The summed E-state index contributed by atoms with van der Waals surface area (Å²) < 4.78 is 0. The maximum atomic E-state index is 11.0. The van der Waals surface area contributed by atoms with Crippen molar-refractivity contribution in [3.8, 4) is 0 Å². The van der Waals surface area contributed by atoms with Gasteiger partial charge >= 0.3 is 5.97 Å². The van der Waals surface area contributed by atoms with E-state index in [1.54, 1.807) is 13.0 Å². The Labute approximate surface area is 97.7 Å². The van der Waals surface area contributed by atoms with Crippen LogP contribution in [0.15, 0.2) is 28.2 Å². The topological polar surface area (TPSA) is 140 Å². The van der Waals surface area contributed by atoms with E-state index in [0.29, 0.717) is 0 Å². The monoisotopic (exact) mass is 235 g/mol. The molecule has 0 saturated heterocycles. The van der Waals surface area contributed by atoms with Crippen molar-refractivity contribution >= 4 is 23.6 Å². The van der Waals surface area contributed by atoms with Gasteiger partial charge < -0.3 is 22.3 Å². The molecule has 0 aromatic heterocycles. The minimum absolute atomic E-state index is 0.0405. The lowest BCUT2D eigenvalue weighted by molar-refractivity contribution is 0.0697. The van der Waals surface area contributed by atoms with E-state index < -0.39 is 5.97 Å². The number of aliphatic imine (C=N–C) groups is 2. The first kappa shape index (κ1) is 12.5. The molecule has 0 radical (unpaired) electrons. The summed E-state index contributed by atoms with van der Waals surface area (Å²) >= 11 is 0. The molecule has 0 aliphatic heterocycles. The molecule has 1 rings (SSSR count). The van der Waals surface area contributed by atoms with Crippen LogP contribution in [0.1, 0.15) is 15.9 Å². The van der Waals surface area contributed by atoms with Gasteiger partial charge in [0.25, 0.3) is 0 Å². The lowest BCUT2D eigenvalue weighted by Crippen LogP contribution is -2.26. The van der Waals surface area contributed by atoms with Crippen molar-refractivity contribution in [2.24, 2.45) is 27.2 Å². The zero-order valence-electron chi connectivity index (χ0n) is 9.21. The van der Waals surface area contributed by atoms with Crippen LogP contribution in [-0.4, -0.2) is 23.0 Å². The van der Waals surface area contributed by atoms with Crippen LogP contribution in [-0.2, 0) is 0 Å². The van der Waals surface area contributed by atoms with Gasteiger partial charge in [-0.05, 0) is 19.1 Å². The molecule has 0 aliphatic carbocycles. The van der Waals surface area contributed by atoms with E-state index in [0.717, 1.165) is 5.56 Å². The normalized spacial score (nSPS) is 11.0. The van der Waals surface area contributed by atoms with E-state index in [-0.39, 0.29) is 23.2 Å². The molecule has 1 aromatic carbocycles. The highest BCUT2D eigenvalue weighted by Gasteiger charge is 2.09. The van der Waals surface area contributed by atoms with Crippen molar-refractivity contribution in [2.45, 2.75) is 6.92 Å². The first-order chi connectivity index (χ1) is 7.90. The van der Waals surface area contributed by atoms with Crippen molar-refractivity contribution in [3.05, 3.63) is 29.3 Å². The summed E-state index contributed by atoms with van der Waals surface area (Å²) in [5.41, 5.74) is 16.7. The van der Waals surface area contributed by atoms with E-state index >= 15 is 0 Å². The molecule has 0 bridgehead atoms. The van der Waals surface area contributed by atoms with Crippen molar-refractivity contribution in [3.63, 3.8) is 0 Å². The Morgan fingerprint density at radius 2 is 1.94 bits per heavy atom. The number of benzene rings is 1. The zero-order chi connectivity index (χ0) is 13.0. The molecular weight excluding hydrogens is 222 g/mol. The quantitative estimate of drug-likeness (QED) is 0.419. The number of nitrogens with zero attached hydrogens (tertiary/aromatic N) is 2. The fourth-order valence-corrected chi connectivity index (χ4v) is 1.20. The zero-order valence-corrected chi connectivity index (χ0v) is 9.21. The maximum Gasteiger partial charge on any atom is 0.337 e. The second-order valence-electron chi connectivity index (χ2n) is 3.33. The lowest BCUT2D eigenvalue weighted by atomic mass is 10.1. The molecule has 0 spiro atoms. The number of rotatable bonds is 2. The molecule has 7 nitrogen and oxygen atoms in total. The second kappa shape index (κ2) is 4.97. The highest BCUT2D eigenvalue weighted by atomic mass is 16.4. The van der Waals surface area contributed by atoms with E-state index in [1.165, 1.54) is 12.1 Å². The van der Waals surface area contributed by atoms with Gasteiger partial charge in [-0.25, -0.2) is 9.79 Å². The fraction of sp³-hybridized carbons (Fsp3) is 0.100. The van der Waals surface area contributed by atoms with Crippen LogP contribution < -0.4 is 17.2 Å². The maximum absolute atomic E-state index is 11.0. The number of carboxylic acids is 1. The Bertz CT molecular complexity index is 503. The number of hydrogen-bond acceptors (Lipinski definition) is 2. The Balaban J connectivity index is 3.23. The molecule has 0 amide bonds. The van der Waals surface area contributed by atoms with Crippen LogP contribution in [0.2, 0.25) is 0 Å². The van der Waals surface area contributed by atoms with Gasteiger partial charge in [-0.2, -0.15) is 4.99 Å². The third-order valence-corrected chi connectivity index (χ3v) is 1.86. The molecular formula is C10H13N5O2. The largest absolute Gasteiger partial charge is 0.478 e. The number of carbonyl (C=O) groups is 1. The number of aromatic carboxylic acids is 1. The van der Waals surface area contributed by atoms with Crippen LogP contribution >= 0.6 is 0 Å². The summed E-state index contributed by atoms with van der Waals surface area (Å²) in [5, 5.41) is 8.99. The predicted octanol–water partition coefficient (Wildman–Crippen LogP) is -0.0872. The van der Waals surface area contributed by atoms with Crippen molar-refractivity contribution in [1.29, 1.82) is 0 Å². The van der Waals surface area contributed by atoms with E-state index in [1.807, 2.05) is 0 Å². The van der Waals surface area contributed by atoms with E-state index in [2.05, 4.69) is 9.98 Å². The van der Waals surface area contributed by atoms with Gasteiger partial charge in [-0.1, -0.05) is 11.6 Å². The minimum Gasteiger partial charge on any atom is -0.478 e. The van der Waals surface area contributed by atoms with Gasteiger partial charge in [-0.3, -0.25) is 0 Å². The number of aryl methyl sites for hydroxylation is 1. The summed E-state index contributed by atoms with van der Waals surface area (Å²) in [6, 6.07) is 4.74. The Morgan fingerprint density at radius 1 is 1.29 bits per heavy atom. The number of carboxylic acid groups (broad SMARTS) is 1. The van der Waals surface area contributed by atoms with E-state index in [9.17, 15) is 4.79 Å². The van der Waals surface area contributed by atoms with Crippen LogP contribution in [0.5, 0.6) is 0 Å². The smallest absolute Gasteiger partial charge is 0.337 e. The molecule has 0 saturated carbocycles. The average Bonchev–Trinajstić information content (AvgIpc) is 2.19. The first-order valence-corrected chi connectivity index (χ1v) is 4.68. The summed E-state index contributed by atoms with van der Waals surface area (Å²) in [4.78, 5) is 18.3. The Hall–Kier alpha value is -2.57. The van der Waals surface area contributed by atoms with E-state index in [4.69, 9.17) is 22.3 Å². The molecule has 17 heavy (non-hydrogen) atoms. The molecule has 0 atom stereocenters. The van der Waals surface area contributed by atoms with Gasteiger partial charge in [0.15, 0.2) is 5.96 Å². The number of guanidine groups is 2. The van der Waals surface area contributed by atoms with Gasteiger partial charge in [-0.15, -0.1) is 0 Å². The third kappa shape index (κ3) is 3.49. The molecule has 90 valence electrons. The minimum atomic E-state index is -1.09. The van der Waals surface area contributed by atoms with Crippen LogP contribution in [0.4, 0.5) is 5.69 Å². The average molecular weight is 235 g/mol. The van der Waals surface area contributed by atoms with Crippen LogP contribution in [0.25, 0.3) is 0 Å². The molecule has 0 heterocycles. The van der Waals surface area contributed by atoms with Crippen LogP contribution in [0, 0.1) is 6.92 Å². The Morgan fingerprint density at radius 3 is 2.47 bits per heavy atom. The number of nitrogens with two attached hydrogens (primary N) is 3. The molecule has 1 aromatic rings. The predicted molar refractivity (Wildman–Crippen MR) is 65.2 cm³/mol. The van der Waals surface area contributed by atoms with Crippen molar-refractivity contribution in [1.82, 2.24) is 0 Å². The molecule has 0 unspecified atom stereocenters. The van der Waals surface area contributed by atoms with Gasteiger partial charge in [0.05, 0.1) is 11.3 Å². The Kier molecular flexibility index (Phi) is 3.66. The van der Waals surface area contributed by atoms with Crippen LogP contribution in [0.3, 0.4) is 0 Å². The third-order valence-electron chi connectivity index (χ3n) is 1.86. The number of hydrogen-bond donors (Lipinski definition) is 4. The SMILES string of the molecule is Cc1ccc(N=C(N)N=C(N)N)c(C(=O)O)c1. The van der Waals surface area contributed by atoms with Crippen molar-refractivity contribution < 1.29 is 9.90 Å². The fourth-order valence-electron chi connectivity index (χ4n) is 1.20. The van der Waals surface area contributed by atoms with Gasteiger partial charge in [0, 0.05) is 0 Å². The molecule has 7 heteroatoms. The molecule has 7 N–H and O–H groups in total. The first-order valence-electron chi connectivity index (χ1n) is 4.68. The highest BCUT2D eigenvalue weighted by Crippen LogP contribution is 2.20. The molecule has 0 aliphatic rings. The summed E-state index contributed by atoms with van der Waals surface area (Å²) in [6.45, 7) is 1.78. The summed E-state index contributed by atoms with van der Waals surface area (Å²) in [5.74, 6) is -1.53.